The number of nitrogens with zero attached hydrogens (tertiary/aromatic N) is 8. The fourth-order valence-corrected chi connectivity index (χ4v) is 8.79. The number of rotatable bonds is 11. The first-order chi connectivity index (χ1) is 31.2. The number of carbonyl (C=O) groups excluding carboxylic acids is 3. The van der Waals surface area contributed by atoms with Gasteiger partial charge in [0.05, 0.1) is 22.1 Å². The molecule has 4 aromatic carbocycles. The van der Waals surface area contributed by atoms with E-state index < -0.39 is 6.03 Å². The molecule has 5 aromatic rings. The van der Waals surface area contributed by atoms with Crippen molar-refractivity contribution in [1.82, 2.24) is 39.2 Å². The third kappa shape index (κ3) is 11.8. The molecule has 0 unspecified atom stereocenters. The van der Waals surface area contributed by atoms with Gasteiger partial charge in [0, 0.05) is 121 Å². The summed E-state index contributed by atoms with van der Waals surface area (Å²) in [5, 5.41) is 11.2. The zero-order valence-corrected chi connectivity index (χ0v) is 39.3. The van der Waals surface area contributed by atoms with E-state index in [2.05, 4.69) is 82.3 Å². The monoisotopic (exact) mass is 898 g/mol. The van der Waals surface area contributed by atoms with Gasteiger partial charge in [-0.15, -0.1) is 0 Å². The molecular weight excluding hydrogens is 836 g/mol. The third-order valence-corrected chi connectivity index (χ3v) is 13.1. The van der Waals surface area contributed by atoms with E-state index in [0.29, 0.717) is 54.8 Å². The quantitative estimate of drug-likeness (QED) is 0.141. The first kappa shape index (κ1) is 46.0. The van der Waals surface area contributed by atoms with E-state index in [-0.39, 0.29) is 17.2 Å². The predicted octanol–water partition coefficient (Wildman–Crippen LogP) is 7.44. The Bertz CT molecular complexity index is 2420. The molecule has 342 valence electrons. The number of nitrogens with one attached hydrogen (secondary N) is 2. The minimum Gasteiger partial charge on any atom is -0.336 e. The van der Waals surface area contributed by atoms with Crippen molar-refractivity contribution in [3.05, 3.63) is 141 Å². The van der Waals surface area contributed by atoms with E-state index in [1.165, 1.54) is 5.56 Å². The summed E-state index contributed by atoms with van der Waals surface area (Å²) in [5.41, 5.74) is 8.00. The number of hydrogen-bond acceptors (Lipinski definition) is 8. The van der Waals surface area contributed by atoms with Crippen LogP contribution < -0.4 is 10.6 Å². The molecule has 0 aliphatic carbocycles. The Hall–Kier alpha value is -5.57. The highest BCUT2D eigenvalue weighted by Crippen LogP contribution is 2.28. The van der Waals surface area contributed by atoms with Crippen LogP contribution in [0.25, 0.3) is 5.69 Å². The second-order valence-electron chi connectivity index (χ2n) is 18.9. The van der Waals surface area contributed by atoms with Crippen molar-refractivity contribution in [1.29, 1.82) is 0 Å². The Labute approximate surface area is 388 Å². The normalized spacial score (nSPS) is 17.0. The van der Waals surface area contributed by atoms with Crippen molar-refractivity contribution in [2.45, 2.75) is 52.7 Å². The Morgan fingerprint density at radius 3 is 1.54 bits per heavy atom. The summed E-state index contributed by atoms with van der Waals surface area (Å²) in [6, 6.07) is 31.3. The number of aromatic nitrogens is 2. The molecule has 3 fully saturated rings. The van der Waals surface area contributed by atoms with Crippen LogP contribution in [0, 0.1) is 6.92 Å². The minimum atomic E-state index is -0.418. The maximum absolute atomic E-state index is 13.6. The summed E-state index contributed by atoms with van der Waals surface area (Å²) in [6.45, 7) is 20.7. The van der Waals surface area contributed by atoms with Crippen molar-refractivity contribution in [2.24, 2.45) is 0 Å². The standard InChI is InChI=1S/C51H63ClN10O3/c1-37-6-17-43(18-7-37)62-47(33-46(55-62)51(2,3)4)54-50(65)53-45-32-40(12-19-44(45)52)36-59-26-30-61(31-27-59)49(64)42-15-10-39(11-16-42)35-58-24-28-60(29-25-58)48(63)41-13-8-38(9-14-41)34-57-22-20-56(5)21-23-57/h6-19,32-33H,20-31,34-36H2,1-5H3,(H2,53,54,65). The number of carbonyl (C=O) groups is 3. The summed E-state index contributed by atoms with van der Waals surface area (Å²) in [7, 11) is 2.17. The summed E-state index contributed by atoms with van der Waals surface area (Å²) in [4.78, 5) is 53.7. The minimum absolute atomic E-state index is 0.0398. The number of piperazine rings is 3. The van der Waals surface area contributed by atoms with Crippen LogP contribution in [-0.2, 0) is 25.0 Å². The summed E-state index contributed by atoms with van der Waals surface area (Å²) < 4.78 is 1.75. The van der Waals surface area contributed by atoms with E-state index in [9.17, 15) is 14.4 Å². The lowest BCUT2D eigenvalue weighted by molar-refractivity contribution is 0.0624. The topological polar surface area (TPSA) is 113 Å². The fourth-order valence-electron chi connectivity index (χ4n) is 8.63. The van der Waals surface area contributed by atoms with Crippen molar-refractivity contribution in [3.63, 3.8) is 0 Å². The van der Waals surface area contributed by atoms with E-state index in [0.717, 1.165) is 99.1 Å². The van der Waals surface area contributed by atoms with Gasteiger partial charge >= 0.3 is 6.03 Å². The number of likely N-dealkylation sites (N-methyl/N-ethyl adjacent to an activating group) is 1. The van der Waals surface area contributed by atoms with Gasteiger partial charge < -0.3 is 20.0 Å². The van der Waals surface area contributed by atoms with E-state index in [1.807, 2.05) is 89.5 Å². The number of amides is 4. The molecule has 0 radical (unpaired) electrons. The second kappa shape index (κ2) is 20.3. The first-order valence-electron chi connectivity index (χ1n) is 22.9. The lowest BCUT2D eigenvalue weighted by atomic mass is 9.92. The molecule has 0 atom stereocenters. The molecule has 65 heavy (non-hydrogen) atoms. The van der Waals surface area contributed by atoms with Gasteiger partial charge in [0.2, 0.25) is 0 Å². The highest BCUT2D eigenvalue weighted by molar-refractivity contribution is 6.33. The smallest absolute Gasteiger partial charge is 0.324 e. The summed E-state index contributed by atoms with van der Waals surface area (Å²) in [5.74, 6) is 0.696. The molecule has 13 nitrogen and oxygen atoms in total. The Balaban J connectivity index is 0.775. The second-order valence-corrected chi connectivity index (χ2v) is 19.3. The van der Waals surface area contributed by atoms with Crippen molar-refractivity contribution < 1.29 is 14.4 Å². The zero-order valence-electron chi connectivity index (χ0n) is 38.5. The summed E-state index contributed by atoms with van der Waals surface area (Å²) in [6.07, 6.45) is 0. The maximum Gasteiger partial charge on any atom is 0.324 e. The molecule has 8 rings (SSSR count). The maximum atomic E-state index is 13.6. The molecule has 3 aliphatic heterocycles. The number of urea groups is 1. The van der Waals surface area contributed by atoms with Gasteiger partial charge in [0.15, 0.2) is 0 Å². The van der Waals surface area contributed by atoms with Gasteiger partial charge in [-0.25, -0.2) is 9.48 Å². The third-order valence-electron chi connectivity index (χ3n) is 12.8. The number of aryl methyl sites for hydroxylation is 1. The molecule has 0 bridgehead atoms. The molecule has 0 spiro atoms. The van der Waals surface area contributed by atoms with E-state index >= 15 is 0 Å². The number of benzene rings is 4. The van der Waals surface area contributed by atoms with Gasteiger partial charge in [0.1, 0.15) is 5.82 Å². The predicted molar refractivity (Wildman–Crippen MR) is 259 cm³/mol. The fraction of sp³-hybridized carbons (Fsp3) is 0.412. The van der Waals surface area contributed by atoms with Crippen LogP contribution in [0.5, 0.6) is 0 Å². The van der Waals surface area contributed by atoms with Gasteiger partial charge in [-0.1, -0.05) is 80.4 Å². The summed E-state index contributed by atoms with van der Waals surface area (Å²) >= 11 is 6.59. The van der Waals surface area contributed by atoms with E-state index in [4.69, 9.17) is 16.7 Å². The molecule has 1 aromatic heterocycles. The van der Waals surface area contributed by atoms with Crippen molar-refractivity contribution >= 4 is 41.0 Å². The molecule has 2 N–H and O–H groups in total. The highest BCUT2D eigenvalue weighted by atomic mass is 35.5. The average Bonchev–Trinajstić information content (AvgIpc) is 3.73. The van der Waals surface area contributed by atoms with Gasteiger partial charge in [-0.2, -0.15) is 5.10 Å². The molecule has 0 saturated carbocycles. The van der Waals surface area contributed by atoms with Crippen LogP contribution in [0.3, 0.4) is 0 Å². The van der Waals surface area contributed by atoms with Gasteiger partial charge in [-0.3, -0.25) is 29.6 Å². The van der Waals surface area contributed by atoms with E-state index in [1.54, 1.807) is 4.68 Å². The lowest BCUT2D eigenvalue weighted by Crippen LogP contribution is -2.48. The van der Waals surface area contributed by atoms with Crippen LogP contribution in [0.2, 0.25) is 5.02 Å². The molecule has 14 heteroatoms. The molecule has 4 heterocycles. The number of hydrogen-bond donors (Lipinski definition) is 2. The molecule has 3 saturated heterocycles. The Kier molecular flexibility index (Phi) is 14.4. The average molecular weight is 900 g/mol. The number of halogens is 1. The Morgan fingerprint density at radius 2 is 1.05 bits per heavy atom. The number of anilines is 2. The first-order valence-corrected chi connectivity index (χ1v) is 23.3. The van der Waals surface area contributed by atoms with Crippen molar-refractivity contribution in [3.8, 4) is 5.69 Å². The molecular formula is C51H63ClN10O3. The van der Waals surface area contributed by atoms with Crippen LogP contribution in [0.1, 0.15) is 69.4 Å². The molecule has 3 aliphatic rings. The molecule has 4 amide bonds. The van der Waals surface area contributed by atoms with Crippen LogP contribution in [-0.4, -0.2) is 143 Å². The SMILES string of the molecule is Cc1ccc(-n2nc(C(C)(C)C)cc2NC(=O)Nc2cc(CN3CCN(C(=O)c4ccc(CN5CCN(C(=O)c6ccc(CN7CCN(C)CC7)cc6)CC5)cc4)CC3)ccc2Cl)cc1. The van der Waals surface area contributed by atoms with Crippen LogP contribution in [0.15, 0.2) is 97.1 Å². The highest BCUT2D eigenvalue weighted by Gasteiger charge is 2.26. The van der Waals surface area contributed by atoms with Gasteiger partial charge in [0.25, 0.3) is 11.8 Å². The Morgan fingerprint density at radius 1 is 0.585 bits per heavy atom. The van der Waals surface area contributed by atoms with Crippen LogP contribution in [0.4, 0.5) is 16.3 Å². The largest absolute Gasteiger partial charge is 0.336 e. The van der Waals surface area contributed by atoms with Crippen LogP contribution >= 0.6 is 11.6 Å². The lowest BCUT2D eigenvalue weighted by Gasteiger charge is -2.35. The van der Waals surface area contributed by atoms with Crippen molar-refractivity contribution in [2.75, 3.05) is 96.2 Å². The van der Waals surface area contributed by atoms with Gasteiger partial charge in [-0.05, 0) is 79.2 Å². The zero-order chi connectivity index (χ0) is 45.7.